The molecule has 1 aliphatic carbocycles. The largest absolute Gasteiger partial charge is 0.341 e. The SMILES string of the molecule is CN(C(=O)CN(c1cccc(Cl)c1Cl)S(C)(=O)=O)C1CCCCC1. The van der Waals surface area contributed by atoms with E-state index in [-0.39, 0.29) is 34.2 Å². The van der Waals surface area contributed by atoms with Crippen LogP contribution in [0.2, 0.25) is 10.0 Å². The van der Waals surface area contributed by atoms with Crippen molar-refractivity contribution < 1.29 is 13.2 Å². The first-order valence-corrected chi connectivity index (χ1v) is 10.5. The summed E-state index contributed by atoms with van der Waals surface area (Å²) >= 11 is 12.1. The predicted molar refractivity (Wildman–Crippen MR) is 98.3 cm³/mol. The molecule has 0 spiro atoms. The van der Waals surface area contributed by atoms with Crippen molar-refractivity contribution in [3.8, 4) is 0 Å². The van der Waals surface area contributed by atoms with Crippen molar-refractivity contribution >= 4 is 44.8 Å². The molecule has 2 rings (SSSR count). The number of carbonyl (C=O) groups is 1. The quantitative estimate of drug-likeness (QED) is 0.769. The van der Waals surface area contributed by atoms with Gasteiger partial charge in [0.2, 0.25) is 15.9 Å². The Morgan fingerprint density at radius 1 is 1.21 bits per heavy atom. The average molecular weight is 393 g/mol. The summed E-state index contributed by atoms with van der Waals surface area (Å²) in [6.45, 7) is -0.286. The second-order valence-electron chi connectivity index (χ2n) is 6.14. The molecule has 0 N–H and O–H groups in total. The second kappa shape index (κ2) is 7.93. The van der Waals surface area contributed by atoms with Crippen LogP contribution in [-0.2, 0) is 14.8 Å². The van der Waals surface area contributed by atoms with Gasteiger partial charge in [0.1, 0.15) is 6.54 Å². The number of amides is 1. The molecule has 5 nitrogen and oxygen atoms in total. The van der Waals surface area contributed by atoms with E-state index in [0.29, 0.717) is 0 Å². The van der Waals surface area contributed by atoms with Gasteiger partial charge < -0.3 is 4.90 Å². The highest BCUT2D eigenvalue weighted by Gasteiger charge is 2.28. The van der Waals surface area contributed by atoms with Gasteiger partial charge in [0.05, 0.1) is 22.0 Å². The molecular formula is C16H22Cl2N2O3S. The molecule has 1 saturated carbocycles. The van der Waals surface area contributed by atoms with Crippen LogP contribution >= 0.6 is 23.2 Å². The van der Waals surface area contributed by atoms with E-state index in [4.69, 9.17) is 23.2 Å². The van der Waals surface area contributed by atoms with E-state index in [2.05, 4.69) is 0 Å². The van der Waals surface area contributed by atoms with Crippen molar-refractivity contribution in [3.63, 3.8) is 0 Å². The summed E-state index contributed by atoms with van der Waals surface area (Å²) in [5, 5.41) is 0.369. The summed E-state index contributed by atoms with van der Waals surface area (Å²) in [7, 11) is -1.94. The highest BCUT2D eigenvalue weighted by Crippen LogP contribution is 2.33. The van der Waals surface area contributed by atoms with Crippen molar-refractivity contribution in [2.45, 2.75) is 38.1 Å². The van der Waals surface area contributed by atoms with E-state index in [0.717, 1.165) is 36.2 Å². The molecule has 0 aromatic heterocycles. The zero-order valence-corrected chi connectivity index (χ0v) is 16.2. The minimum Gasteiger partial charge on any atom is -0.341 e. The third-order valence-corrected chi connectivity index (χ3v) is 6.33. The predicted octanol–water partition coefficient (Wildman–Crippen LogP) is 3.55. The van der Waals surface area contributed by atoms with Crippen molar-refractivity contribution in [1.29, 1.82) is 0 Å². The summed E-state index contributed by atoms with van der Waals surface area (Å²) in [5.41, 5.74) is 0.220. The Hall–Kier alpha value is -0.980. The van der Waals surface area contributed by atoms with Crippen LogP contribution in [-0.4, -0.2) is 45.1 Å². The van der Waals surface area contributed by atoms with E-state index in [1.165, 1.54) is 6.42 Å². The van der Waals surface area contributed by atoms with E-state index >= 15 is 0 Å². The lowest BCUT2D eigenvalue weighted by molar-refractivity contribution is -0.130. The number of benzene rings is 1. The molecule has 0 atom stereocenters. The monoisotopic (exact) mass is 392 g/mol. The Morgan fingerprint density at radius 3 is 2.42 bits per heavy atom. The number of sulfonamides is 1. The van der Waals surface area contributed by atoms with Crippen LogP contribution in [0.25, 0.3) is 0 Å². The number of likely N-dealkylation sites (N-methyl/N-ethyl adjacent to an activating group) is 1. The fourth-order valence-electron chi connectivity index (χ4n) is 2.97. The number of rotatable bonds is 5. The highest BCUT2D eigenvalue weighted by atomic mass is 35.5. The maximum atomic E-state index is 12.6. The van der Waals surface area contributed by atoms with Gasteiger partial charge in [0.25, 0.3) is 0 Å². The summed E-state index contributed by atoms with van der Waals surface area (Å²) in [6, 6.07) is 4.90. The Morgan fingerprint density at radius 2 is 1.83 bits per heavy atom. The first-order chi connectivity index (χ1) is 11.2. The summed E-state index contributed by atoms with van der Waals surface area (Å²) in [6.07, 6.45) is 6.35. The molecule has 0 heterocycles. The standard InChI is InChI=1S/C16H22Cl2N2O3S/c1-19(12-7-4-3-5-8-12)15(21)11-20(24(2,22)23)14-10-6-9-13(17)16(14)18/h6,9-10,12H,3-5,7-8,11H2,1-2H3. The number of hydrogen-bond acceptors (Lipinski definition) is 3. The normalized spacial score (nSPS) is 16.0. The summed E-state index contributed by atoms with van der Waals surface area (Å²) in [5.74, 6) is -0.247. The van der Waals surface area contributed by atoms with Gasteiger partial charge in [-0.2, -0.15) is 0 Å². The first kappa shape index (κ1) is 19.3. The van der Waals surface area contributed by atoms with Crippen LogP contribution in [0.5, 0.6) is 0 Å². The Bertz CT molecular complexity index is 703. The summed E-state index contributed by atoms with van der Waals surface area (Å²) in [4.78, 5) is 14.3. The molecule has 1 aromatic rings. The number of hydrogen-bond donors (Lipinski definition) is 0. The van der Waals surface area contributed by atoms with Crippen LogP contribution < -0.4 is 4.31 Å². The smallest absolute Gasteiger partial charge is 0.243 e. The average Bonchev–Trinajstić information content (AvgIpc) is 2.54. The van der Waals surface area contributed by atoms with E-state index in [1.54, 1.807) is 30.1 Å². The van der Waals surface area contributed by atoms with Gasteiger partial charge in [-0.3, -0.25) is 9.10 Å². The number of nitrogens with zero attached hydrogens (tertiary/aromatic N) is 2. The molecule has 0 aliphatic heterocycles. The lowest BCUT2D eigenvalue weighted by Gasteiger charge is -2.33. The molecule has 0 saturated heterocycles. The molecular weight excluding hydrogens is 371 g/mol. The molecule has 8 heteroatoms. The van der Waals surface area contributed by atoms with Crippen LogP contribution in [0.4, 0.5) is 5.69 Å². The Labute approximate surface area is 153 Å². The van der Waals surface area contributed by atoms with Crippen molar-refractivity contribution in [3.05, 3.63) is 28.2 Å². The third kappa shape index (κ3) is 4.55. The van der Waals surface area contributed by atoms with Gasteiger partial charge in [-0.1, -0.05) is 48.5 Å². The minimum absolute atomic E-state index is 0.123. The van der Waals surface area contributed by atoms with Gasteiger partial charge in [0.15, 0.2) is 0 Å². The van der Waals surface area contributed by atoms with Crippen LogP contribution in [0.3, 0.4) is 0 Å². The van der Waals surface area contributed by atoms with E-state index in [1.807, 2.05) is 0 Å². The number of halogens is 2. The van der Waals surface area contributed by atoms with Crippen molar-refractivity contribution in [2.24, 2.45) is 0 Å². The van der Waals surface area contributed by atoms with Gasteiger partial charge >= 0.3 is 0 Å². The topological polar surface area (TPSA) is 57.7 Å². The minimum atomic E-state index is -3.67. The van der Waals surface area contributed by atoms with Crippen LogP contribution in [0.1, 0.15) is 32.1 Å². The maximum Gasteiger partial charge on any atom is 0.243 e. The van der Waals surface area contributed by atoms with Crippen LogP contribution in [0, 0.1) is 0 Å². The van der Waals surface area contributed by atoms with Crippen LogP contribution in [0.15, 0.2) is 18.2 Å². The molecule has 0 bridgehead atoms. The molecule has 134 valence electrons. The molecule has 24 heavy (non-hydrogen) atoms. The van der Waals surface area contributed by atoms with E-state index in [9.17, 15) is 13.2 Å². The van der Waals surface area contributed by atoms with Gasteiger partial charge in [-0.05, 0) is 25.0 Å². The van der Waals surface area contributed by atoms with Gasteiger partial charge in [0, 0.05) is 13.1 Å². The Kier molecular flexibility index (Phi) is 6.39. The van der Waals surface area contributed by atoms with Crippen molar-refractivity contribution in [2.75, 3.05) is 24.2 Å². The van der Waals surface area contributed by atoms with Gasteiger partial charge in [-0.25, -0.2) is 8.42 Å². The summed E-state index contributed by atoms with van der Waals surface area (Å²) < 4.78 is 25.4. The zero-order chi connectivity index (χ0) is 17.9. The molecule has 0 unspecified atom stereocenters. The molecule has 0 radical (unpaired) electrons. The molecule has 1 aliphatic rings. The number of anilines is 1. The Balaban J connectivity index is 2.23. The lowest BCUT2D eigenvalue weighted by atomic mass is 9.94. The van der Waals surface area contributed by atoms with Gasteiger partial charge in [-0.15, -0.1) is 0 Å². The third-order valence-electron chi connectivity index (χ3n) is 4.39. The number of carbonyl (C=O) groups excluding carboxylic acids is 1. The van der Waals surface area contributed by atoms with E-state index < -0.39 is 10.0 Å². The second-order valence-corrected chi connectivity index (χ2v) is 8.83. The fourth-order valence-corrected chi connectivity index (χ4v) is 4.27. The van der Waals surface area contributed by atoms with Crippen molar-refractivity contribution in [1.82, 2.24) is 4.90 Å². The molecule has 1 amide bonds. The lowest BCUT2D eigenvalue weighted by Crippen LogP contribution is -2.45. The first-order valence-electron chi connectivity index (χ1n) is 7.89. The molecule has 1 fully saturated rings. The fraction of sp³-hybridized carbons (Fsp3) is 0.562. The highest BCUT2D eigenvalue weighted by molar-refractivity contribution is 7.92. The maximum absolute atomic E-state index is 12.6. The molecule has 1 aromatic carbocycles. The zero-order valence-electron chi connectivity index (χ0n) is 13.8.